The van der Waals surface area contributed by atoms with Crippen molar-refractivity contribution >= 4 is 41.1 Å². The van der Waals surface area contributed by atoms with Gasteiger partial charge in [-0.25, -0.2) is 4.79 Å². The number of nitrogens with zero attached hydrogens (tertiary/aromatic N) is 1. The average Bonchev–Trinajstić information content (AvgIpc) is 2.82. The minimum atomic E-state index is -4.55. The number of anilines is 1. The smallest absolute Gasteiger partial charge is 0.416 e. The number of amides is 2. The van der Waals surface area contributed by atoms with E-state index >= 15 is 0 Å². The standard InChI is InChI=1S/C24H22ClF3N2O4/c25-20-8-7-18(24(26,27)28)14-17(20)6-9-22(32)34-15-21(31)30-12-10-16(11-13-30)23(33)29-19-4-2-1-3-5-19/h1-9,14,16H,10-13,15H2,(H,29,33)/b9-6-. The van der Waals surface area contributed by atoms with Crippen LogP contribution < -0.4 is 5.32 Å². The zero-order valence-corrected chi connectivity index (χ0v) is 18.7. The van der Waals surface area contributed by atoms with Crippen molar-refractivity contribution < 1.29 is 32.3 Å². The number of esters is 1. The number of hydrogen-bond acceptors (Lipinski definition) is 4. The molecule has 3 rings (SSSR count). The molecule has 1 fully saturated rings. The number of carbonyl (C=O) groups is 3. The van der Waals surface area contributed by atoms with E-state index in [1.54, 1.807) is 12.1 Å². The highest BCUT2D eigenvalue weighted by Gasteiger charge is 2.31. The summed E-state index contributed by atoms with van der Waals surface area (Å²) in [6.45, 7) is 0.179. The molecule has 6 nitrogen and oxygen atoms in total. The number of rotatable bonds is 6. The van der Waals surface area contributed by atoms with Gasteiger partial charge in [0, 0.05) is 35.8 Å². The van der Waals surface area contributed by atoms with Crippen molar-refractivity contribution in [3.63, 3.8) is 0 Å². The quantitative estimate of drug-likeness (QED) is 0.462. The topological polar surface area (TPSA) is 75.7 Å². The number of para-hydroxylation sites is 1. The Labute approximate surface area is 199 Å². The van der Waals surface area contributed by atoms with Crippen molar-refractivity contribution in [3.8, 4) is 0 Å². The van der Waals surface area contributed by atoms with Crippen molar-refractivity contribution in [1.82, 2.24) is 4.90 Å². The first kappa shape index (κ1) is 25.3. The molecular weight excluding hydrogens is 473 g/mol. The first-order valence-electron chi connectivity index (χ1n) is 10.5. The molecule has 0 radical (unpaired) electrons. The van der Waals surface area contributed by atoms with E-state index in [2.05, 4.69) is 5.32 Å². The third kappa shape index (κ3) is 7.08. The van der Waals surface area contributed by atoms with Crippen molar-refractivity contribution in [1.29, 1.82) is 0 Å². The van der Waals surface area contributed by atoms with Crippen LogP contribution >= 0.6 is 11.6 Å². The molecule has 1 aliphatic heterocycles. The summed E-state index contributed by atoms with van der Waals surface area (Å²) in [5.74, 6) is -1.64. The molecule has 0 spiro atoms. The molecule has 1 aliphatic rings. The molecular formula is C24H22ClF3N2O4. The number of likely N-dealkylation sites (tertiary alicyclic amines) is 1. The fourth-order valence-electron chi connectivity index (χ4n) is 3.43. The Kier molecular flexibility index (Phi) is 8.33. The Morgan fingerprint density at radius 1 is 1.09 bits per heavy atom. The maximum absolute atomic E-state index is 12.8. The van der Waals surface area contributed by atoms with E-state index in [-0.39, 0.29) is 22.4 Å². The molecule has 1 heterocycles. The minimum Gasteiger partial charge on any atom is -0.452 e. The van der Waals surface area contributed by atoms with Crippen LogP contribution in [0.1, 0.15) is 24.0 Å². The highest BCUT2D eigenvalue weighted by molar-refractivity contribution is 6.32. The van der Waals surface area contributed by atoms with Gasteiger partial charge < -0.3 is 15.0 Å². The minimum absolute atomic E-state index is 0.00406. The highest BCUT2D eigenvalue weighted by atomic mass is 35.5. The van der Waals surface area contributed by atoms with E-state index in [4.69, 9.17) is 16.3 Å². The molecule has 0 aromatic heterocycles. The second kappa shape index (κ2) is 11.2. The molecule has 2 amide bonds. The molecule has 0 bridgehead atoms. The van der Waals surface area contributed by atoms with Crippen LogP contribution in [-0.4, -0.2) is 42.4 Å². The lowest BCUT2D eigenvalue weighted by Crippen LogP contribution is -2.43. The van der Waals surface area contributed by atoms with E-state index in [0.29, 0.717) is 31.6 Å². The van der Waals surface area contributed by atoms with Crippen LogP contribution in [0.2, 0.25) is 5.02 Å². The SMILES string of the molecule is O=C(/C=C\c1cc(C(F)(F)F)ccc1Cl)OCC(=O)N1CCC(C(=O)Nc2ccccc2)CC1. The van der Waals surface area contributed by atoms with Crippen molar-refractivity contribution in [3.05, 3.63) is 70.8 Å². The van der Waals surface area contributed by atoms with Crippen LogP contribution in [0.5, 0.6) is 0 Å². The molecule has 2 aromatic rings. The first-order valence-corrected chi connectivity index (χ1v) is 10.9. The number of carbonyl (C=O) groups excluding carboxylic acids is 3. The van der Waals surface area contributed by atoms with Crippen molar-refractivity contribution in [2.75, 3.05) is 25.0 Å². The largest absolute Gasteiger partial charge is 0.452 e. The number of halogens is 4. The maximum Gasteiger partial charge on any atom is 0.416 e. The van der Waals surface area contributed by atoms with Crippen LogP contribution in [0, 0.1) is 5.92 Å². The number of ether oxygens (including phenoxy) is 1. The molecule has 1 N–H and O–H groups in total. The van der Waals surface area contributed by atoms with E-state index < -0.39 is 30.2 Å². The summed E-state index contributed by atoms with van der Waals surface area (Å²) in [6, 6.07) is 11.8. The third-order valence-electron chi connectivity index (χ3n) is 5.32. The lowest BCUT2D eigenvalue weighted by Gasteiger charge is -2.31. The van der Waals surface area contributed by atoms with E-state index in [9.17, 15) is 27.6 Å². The number of nitrogens with one attached hydrogen (secondary N) is 1. The molecule has 0 atom stereocenters. The third-order valence-corrected chi connectivity index (χ3v) is 5.66. The monoisotopic (exact) mass is 494 g/mol. The molecule has 2 aromatic carbocycles. The molecule has 0 unspecified atom stereocenters. The van der Waals surface area contributed by atoms with E-state index in [1.807, 2.05) is 18.2 Å². The summed E-state index contributed by atoms with van der Waals surface area (Å²) in [4.78, 5) is 38.1. The summed E-state index contributed by atoms with van der Waals surface area (Å²) in [6.07, 6.45) is -1.58. The second-order valence-corrected chi connectivity index (χ2v) is 8.09. The Morgan fingerprint density at radius 2 is 1.76 bits per heavy atom. The summed E-state index contributed by atoms with van der Waals surface area (Å²) >= 11 is 5.88. The zero-order valence-electron chi connectivity index (χ0n) is 18.0. The molecule has 1 saturated heterocycles. The summed E-state index contributed by atoms with van der Waals surface area (Å²) in [5.41, 5.74) is -0.200. The van der Waals surface area contributed by atoms with Crippen molar-refractivity contribution in [2.45, 2.75) is 19.0 Å². The van der Waals surface area contributed by atoms with Gasteiger partial charge in [-0.15, -0.1) is 0 Å². The van der Waals surface area contributed by atoms with Gasteiger partial charge in [-0.2, -0.15) is 13.2 Å². The van der Waals surface area contributed by atoms with Crippen molar-refractivity contribution in [2.24, 2.45) is 5.92 Å². The molecule has 34 heavy (non-hydrogen) atoms. The van der Waals surface area contributed by atoms with Gasteiger partial charge in [0.05, 0.1) is 5.56 Å². The van der Waals surface area contributed by atoms with Crippen LogP contribution in [-0.2, 0) is 25.3 Å². The lowest BCUT2D eigenvalue weighted by molar-refractivity contribution is -0.149. The summed E-state index contributed by atoms with van der Waals surface area (Å²) in [5, 5.41) is 2.88. The Bertz CT molecular complexity index is 1070. The van der Waals surface area contributed by atoms with Gasteiger partial charge in [-0.3, -0.25) is 9.59 Å². The number of alkyl halides is 3. The number of benzene rings is 2. The van der Waals surface area contributed by atoms with Crippen LogP contribution in [0.15, 0.2) is 54.6 Å². The number of hydrogen-bond donors (Lipinski definition) is 1. The zero-order chi connectivity index (χ0) is 24.7. The Morgan fingerprint density at radius 3 is 2.41 bits per heavy atom. The van der Waals surface area contributed by atoms with E-state index in [1.165, 1.54) is 4.90 Å². The van der Waals surface area contributed by atoms with Gasteiger partial charge >= 0.3 is 12.1 Å². The van der Waals surface area contributed by atoms with Crippen LogP contribution in [0.3, 0.4) is 0 Å². The first-order chi connectivity index (χ1) is 16.1. The van der Waals surface area contributed by atoms with Gasteiger partial charge in [-0.1, -0.05) is 29.8 Å². The summed E-state index contributed by atoms with van der Waals surface area (Å²) in [7, 11) is 0. The molecule has 180 valence electrons. The van der Waals surface area contributed by atoms with Gasteiger partial charge in [0.1, 0.15) is 0 Å². The fraction of sp³-hybridized carbons (Fsp3) is 0.292. The second-order valence-electron chi connectivity index (χ2n) is 7.69. The van der Waals surface area contributed by atoms with Gasteiger partial charge in [0.2, 0.25) is 5.91 Å². The summed E-state index contributed by atoms with van der Waals surface area (Å²) < 4.78 is 43.4. The Balaban J connectivity index is 1.44. The van der Waals surface area contributed by atoms with Gasteiger partial charge in [0.15, 0.2) is 6.61 Å². The fourth-order valence-corrected chi connectivity index (χ4v) is 3.62. The van der Waals surface area contributed by atoms with E-state index in [0.717, 1.165) is 30.4 Å². The highest BCUT2D eigenvalue weighted by Crippen LogP contribution is 2.32. The lowest BCUT2D eigenvalue weighted by atomic mass is 9.95. The Hall–Kier alpha value is -3.33. The average molecular weight is 495 g/mol. The molecule has 0 saturated carbocycles. The molecule has 0 aliphatic carbocycles. The predicted molar refractivity (Wildman–Crippen MR) is 121 cm³/mol. The predicted octanol–water partition coefficient (Wildman–Crippen LogP) is 4.79. The van der Waals surface area contributed by atoms with Gasteiger partial charge in [0.25, 0.3) is 5.91 Å². The molecule has 10 heteroatoms. The maximum atomic E-state index is 12.8. The van der Waals surface area contributed by atoms with Crippen LogP contribution in [0.4, 0.5) is 18.9 Å². The van der Waals surface area contributed by atoms with Gasteiger partial charge in [-0.05, 0) is 54.8 Å². The van der Waals surface area contributed by atoms with Crippen LogP contribution in [0.25, 0.3) is 6.08 Å². The normalized spacial score (nSPS) is 14.8. The number of piperidine rings is 1.